The Morgan fingerprint density at radius 2 is 2.00 bits per heavy atom. The Hall–Kier alpha value is -1.03. The second-order valence-corrected chi connectivity index (χ2v) is 3.50. The first-order valence-corrected chi connectivity index (χ1v) is 4.75. The third-order valence-electron chi connectivity index (χ3n) is 2.43. The number of hydrogen-bond donors (Lipinski definition) is 1. The molecular weight excluding hydrogens is 203 g/mol. The van der Waals surface area contributed by atoms with E-state index >= 15 is 0 Å². The van der Waals surface area contributed by atoms with E-state index in [1.54, 1.807) is 13.0 Å². The molecule has 1 nitrogen and oxygen atoms in total. The highest BCUT2D eigenvalue weighted by Gasteiger charge is 2.19. The van der Waals surface area contributed by atoms with E-state index in [9.17, 15) is 13.2 Å². The molecule has 0 radical (unpaired) electrons. The van der Waals surface area contributed by atoms with Gasteiger partial charge in [-0.3, -0.25) is 0 Å². The van der Waals surface area contributed by atoms with E-state index in [0.717, 1.165) is 5.56 Å². The molecular formula is C11H14F3N. The topological polar surface area (TPSA) is 12.0 Å². The van der Waals surface area contributed by atoms with Crippen molar-refractivity contribution in [3.05, 3.63) is 35.1 Å². The van der Waals surface area contributed by atoms with Gasteiger partial charge < -0.3 is 5.32 Å². The van der Waals surface area contributed by atoms with Crippen molar-refractivity contribution in [3.8, 4) is 0 Å². The van der Waals surface area contributed by atoms with Crippen molar-refractivity contribution in [2.75, 3.05) is 7.05 Å². The predicted octanol–water partition coefficient (Wildman–Crippen LogP) is 2.53. The Labute approximate surface area is 87.3 Å². The van der Waals surface area contributed by atoms with Crippen LogP contribution in [-0.4, -0.2) is 19.5 Å². The molecule has 0 amide bonds. The number of nitrogens with one attached hydrogen (secondary N) is 1. The fourth-order valence-corrected chi connectivity index (χ4v) is 1.41. The normalized spacial score (nSPS) is 13.2. The Bertz CT molecular complexity index is 326. The first kappa shape index (κ1) is 12.0. The van der Waals surface area contributed by atoms with Gasteiger partial charge in [0.05, 0.1) is 6.04 Å². The first-order chi connectivity index (χ1) is 7.04. The highest BCUT2D eigenvalue weighted by atomic mass is 19.3. The quantitative estimate of drug-likeness (QED) is 0.817. The summed E-state index contributed by atoms with van der Waals surface area (Å²) in [6.07, 6.45) is -2.31. The lowest BCUT2D eigenvalue weighted by atomic mass is 10.0. The van der Waals surface area contributed by atoms with E-state index in [0.29, 0.717) is 5.56 Å². The molecule has 1 aromatic carbocycles. The van der Waals surface area contributed by atoms with Crippen molar-refractivity contribution < 1.29 is 13.2 Å². The lowest BCUT2D eigenvalue weighted by Crippen LogP contribution is -2.34. The molecule has 0 saturated heterocycles. The summed E-state index contributed by atoms with van der Waals surface area (Å²) < 4.78 is 37.8. The fourth-order valence-electron chi connectivity index (χ4n) is 1.41. The van der Waals surface area contributed by atoms with E-state index < -0.39 is 12.5 Å². The van der Waals surface area contributed by atoms with Gasteiger partial charge in [-0.25, -0.2) is 13.2 Å². The molecule has 4 heteroatoms. The number of halogens is 3. The lowest BCUT2D eigenvalue weighted by molar-refractivity contribution is 0.102. The van der Waals surface area contributed by atoms with Crippen LogP contribution in [0.3, 0.4) is 0 Å². The van der Waals surface area contributed by atoms with Gasteiger partial charge in [0.2, 0.25) is 0 Å². The molecule has 0 heterocycles. The van der Waals surface area contributed by atoms with Crippen LogP contribution in [0.25, 0.3) is 0 Å². The van der Waals surface area contributed by atoms with Crippen LogP contribution < -0.4 is 5.32 Å². The molecule has 0 spiro atoms. The largest absolute Gasteiger partial charge is 0.312 e. The monoisotopic (exact) mass is 217 g/mol. The number of hydrogen-bond acceptors (Lipinski definition) is 1. The molecule has 1 N–H and O–H groups in total. The summed E-state index contributed by atoms with van der Waals surface area (Å²) in [7, 11) is 1.48. The fraction of sp³-hybridized carbons (Fsp3) is 0.455. The third-order valence-corrected chi connectivity index (χ3v) is 2.43. The van der Waals surface area contributed by atoms with E-state index in [1.807, 2.05) is 0 Å². The maximum atomic E-state index is 12.9. The number of aryl methyl sites for hydroxylation is 1. The van der Waals surface area contributed by atoms with Gasteiger partial charge in [-0.15, -0.1) is 0 Å². The molecule has 0 aliphatic carbocycles. The number of rotatable bonds is 4. The van der Waals surface area contributed by atoms with Crippen LogP contribution in [-0.2, 0) is 6.42 Å². The van der Waals surface area contributed by atoms with Crippen molar-refractivity contribution >= 4 is 0 Å². The third kappa shape index (κ3) is 3.23. The summed E-state index contributed by atoms with van der Waals surface area (Å²) in [4.78, 5) is 0. The van der Waals surface area contributed by atoms with Crippen LogP contribution in [0.4, 0.5) is 13.2 Å². The summed E-state index contributed by atoms with van der Waals surface area (Å²) in [5.41, 5.74) is 1.45. The minimum absolute atomic E-state index is 0.137. The van der Waals surface area contributed by atoms with Gasteiger partial charge in [0.1, 0.15) is 5.82 Å². The van der Waals surface area contributed by atoms with E-state index in [1.165, 1.54) is 19.2 Å². The molecule has 1 unspecified atom stereocenters. The van der Waals surface area contributed by atoms with Crippen molar-refractivity contribution in [2.24, 2.45) is 0 Å². The second kappa shape index (κ2) is 5.16. The minimum Gasteiger partial charge on any atom is -0.312 e. The van der Waals surface area contributed by atoms with Gasteiger partial charge >= 0.3 is 0 Å². The number of benzene rings is 1. The molecule has 15 heavy (non-hydrogen) atoms. The molecule has 1 atom stereocenters. The van der Waals surface area contributed by atoms with E-state index in [-0.39, 0.29) is 12.2 Å². The summed E-state index contributed by atoms with van der Waals surface area (Å²) >= 11 is 0. The van der Waals surface area contributed by atoms with Gasteiger partial charge in [-0.1, -0.05) is 6.07 Å². The molecule has 0 aliphatic rings. The van der Waals surface area contributed by atoms with Crippen LogP contribution in [0.2, 0.25) is 0 Å². The van der Waals surface area contributed by atoms with Crippen molar-refractivity contribution in [2.45, 2.75) is 25.8 Å². The van der Waals surface area contributed by atoms with Crippen molar-refractivity contribution in [1.82, 2.24) is 5.32 Å². The summed E-state index contributed by atoms with van der Waals surface area (Å²) in [5, 5.41) is 2.52. The summed E-state index contributed by atoms with van der Waals surface area (Å²) in [5.74, 6) is -0.389. The van der Waals surface area contributed by atoms with Crippen LogP contribution in [0.5, 0.6) is 0 Å². The van der Waals surface area contributed by atoms with Gasteiger partial charge in [0, 0.05) is 0 Å². The van der Waals surface area contributed by atoms with Crippen molar-refractivity contribution in [1.29, 1.82) is 0 Å². The molecule has 1 aromatic rings. The average molecular weight is 217 g/mol. The standard InChI is InChI=1S/C11H14F3N/c1-7-3-4-9(12)5-8(7)6-10(15-2)11(13)14/h3-5,10-11,15H,6H2,1-2H3. The highest BCUT2D eigenvalue weighted by Crippen LogP contribution is 2.15. The van der Waals surface area contributed by atoms with Gasteiger partial charge in [0.25, 0.3) is 6.43 Å². The Morgan fingerprint density at radius 3 is 2.53 bits per heavy atom. The lowest BCUT2D eigenvalue weighted by Gasteiger charge is -2.16. The molecule has 0 aliphatic heterocycles. The second-order valence-electron chi connectivity index (χ2n) is 3.50. The molecule has 1 rings (SSSR count). The van der Waals surface area contributed by atoms with Gasteiger partial charge in [-0.2, -0.15) is 0 Å². The molecule has 84 valence electrons. The smallest absolute Gasteiger partial charge is 0.254 e. The van der Waals surface area contributed by atoms with Crippen LogP contribution in [0.15, 0.2) is 18.2 Å². The summed E-state index contributed by atoms with van der Waals surface area (Å²) in [6.45, 7) is 1.78. The zero-order valence-electron chi connectivity index (χ0n) is 8.73. The zero-order valence-corrected chi connectivity index (χ0v) is 8.73. The SMILES string of the molecule is CNC(Cc1cc(F)ccc1C)C(F)F. The Morgan fingerprint density at radius 1 is 1.33 bits per heavy atom. The summed E-state index contributed by atoms with van der Waals surface area (Å²) in [6, 6.07) is 3.31. The van der Waals surface area contributed by atoms with Gasteiger partial charge in [-0.05, 0) is 43.7 Å². The maximum Gasteiger partial charge on any atom is 0.254 e. The number of alkyl halides is 2. The van der Waals surface area contributed by atoms with Crippen LogP contribution in [0.1, 0.15) is 11.1 Å². The molecule has 0 saturated carbocycles. The van der Waals surface area contributed by atoms with Crippen LogP contribution in [0, 0.1) is 12.7 Å². The zero-order chi connectivity index (χ0) is 11.4. The Balaban J connectivity index is 2.82. The highest BCUT2D eigenvalue weighted by molar-refractivity contribution is 5.27. The molecule has 0 aromatic heterocycles. The number of likely N-dealkylation sites (N-methyl/N-ethyl adjacent to an activating group) is 1. The molecule has 0 fully saturated rings. The van der Waals surface area contributed by atoms with E-state index in [4.69, 9.17) is 0 Å². The minimum atomic E-state index is -2.45. The maximum absolute atomic E-state index is 12.9. The van der Waals surface area contributed by atoms with E-state index in [2.05, 4.69) is 5.32 Å². The van der Waals surface area contributed by atoms with Gasteiger partial charge in [0.15, 0.2) is 0 Å². The predicted molar refractivity (Wildman–Crippen MR) is 53.7 cm³/mol. The average Bonchev–Trinajstić information content (AvgIpc) is 2.18. The first-order valence-electron chi connectivity index (χ1n) is 4.75. The molecule has 0 bridgehead atoms. The van der Waals surface area contributed by atoms with Crippen molar-refractivity contribution in [3.63, 3.8) is 0 Å². The van der Waals surface area contributed by atoms with Crippen LogP contribution >= 0.6 is 0 Å². The Kier molecular flexibility index (Phi) is 4.15.